The van der Waals surface area contributed by atoms with Crippen LogP contribution in [0.2, 0.25) is 39.3 Å². The van der Waals surface area contributed by atoms with Crippen molar-refractivity contribution < 1.29 is 0 Å². The van der Waals surface area contributed by atoms with Gasteiger partial charge in [-0.25, -0.2) is 0 Å². The molecular formula is C12H30N4Si2. The molecule has 0 saturated heterocycles. The van der Waals surface area contributed by atoms with Crippen LogP contribution in [0.5, 0.6) is 0 Å². The lowest BCUT2D eigenvalue weighted by Crippen LogP contribution is -2.39. The Morgan fingerprint density at radius 1 is 0.722 bits per heavy atom. The zero-order valence-electron chi connectivity index (χ0n) is 13.4. The first-order valence-electron chi connectivity index (χ1n) is 6.57. The SMILES string of the molecule is CN(/N=C/CC/C=N/N(C)[Si](C)(C)C)[Si](C)(C)C. The fraction of sp³-hybridized carbons (Fsp3) is 0.833. The van der Waals surface area contributed by atoms with E-state index in [1.54, 1.807) is 0 Å². The van der Waals surface area contributed by atoms with Gasteiger partial charge in [-0.15, -0.1) is 0 Å². The summed E-state index contributed by atoms with van der Waals surface area (Å²) in [6, 6.07) is 0. The van der Waals surface area contributed by atoms with Crippen LogP contribution in [0.4, 0.5) is 0 Å². The highest BCUT2D eigenvalue weighted by Gasteiger charge is 2.18. The molecule has 0 bridgehead atoms. The maximum atomic E-state index is 4.46. The van der Waals surface area contributed by atoms with Crippen molar-refractivity contribution >= 4 is 28.9 Å². The van der Waals surface area contributed by atoms with E-state index in [2.05, 4.69) is 72.9 Å². The van der Waals surface area contributed by atoms with Gasteiger partial charge in [0.1, 0.15) is 0 Å². The van der Waals surface area contributed by atoms with Crippen molar-refractivity contribution in [2.45, 2.75) is 52.1 Å². The zero-order chi connectivity index (χ0) is 14.4. The van der Waals surface area contributed by atoms with E-state index in [1.165, 1.54) is 0 Å². The van der Waals surface area contributed by atoms with Crippen molar-refractivity contribution in [3.63, 3.8) is 0 Å². The Hall–Kier alpha value is -0.626. The highest BCUT2D eigenvalue weighted by molar-refractivity contribution is 6.73. The Morgan fingerprint density at radius 2 is 1.00 bits per heavy atom. The van der Waals surface area contributed by atoms with Gasteiger partial charge in [0.05, 0.1) is 0 Å². The molecule has 0 amide bonds. The van der Waals surface area contributed by atoms with Crippen LogP contribution in [0.15, 0.2) is 10.2 Å². The summed E-state index contributed by atoms with van der Waals surface area (Å²) in [5, 5.41) is 8.93. The largest absolute Gasteiger partial charge is 0.328 e. The molecule has 0 aliphatic heterocycles. The van der Waals surface area contributed by atoms with Gasteiger partial charge in [0.15, 0.2) is 16.5 Å². The predicted molar refractivity (Wildman–Crippen MR) is 88.4 cm³/mol. The minimum absolute atomic E-state index is 0.956. The molecule has 0 fully saturated rings. The third-order valence-corrected chi connectivity index (χ3v) is 6.99. The van der Waals surface area contributed by atoms with E-state index in [1.807, 2.05) is 12.4 Å². The maximum absolute atomic E-state index is 4.46. The molecule has 0 aliphatic rings. The lowest BCUT2D eigenvalue weighted by atomic mass is 10.4. The molecule has 0 N–H and O–H groups in total. The molecule has 0 aromatic heterocycles. The van der Waals surface area contributed by atoms with E-state index in [9.17, 15) is 0 Å². The predicted octanol–water partition coefficient (Wildman–Crippen LogP) is 3.27. The van der Waals surface area contributed by atoms with Gasteiger partial charge < -0.3 is 9.35 Å². The topological polar surface area (TPSA) is 31.2 Å². The molecule has 0 radical (unpaired) electrons. The van der Waals surface area contributed by atoms with E-state index in [-0.39, 0.29) is 0 Å². The normalized spacial score (nSPS) is 13.6. The first-order chi connectivity index (χ1) is 8.05. The summed E-state index contributed by atoms with van der Waals surface area (Å²) >= 11 is 0. The summed E-state index contributed by atoms with van der Waals surface area (Å²) in [6.07, 6.45) is 5.91. The summed E-state index contributed by atoms with van der Waals surface area (Å²) in [7, 11) is 1.59. The number of hydrogen-bond donors (Lipinski definition) is 0. The fourth-order valence-corrected chi connectivity index (χ4v) is 1.71. The standard InChI is InChI=1S/C12H30N4Si2/c1-15(17(3,4)5)13-11-9-10-12-14-16(2)18(6,7)8/h11-12H,9-10H2,1-8H3/b13-11+,14-12+. The lowest BCUT2D eigenvalue weighted by Gasteiger charge is -2.27. The van der Waals surface area contributed by atoms with E-state index in [0.717, 1.165) is 12.8 Å². The number of nitrogens with zero attached hydrogens (tertiary/aromatic N) is 4. The highest BCUT2D eigenvalue weighted by Crippen LogP contribution is 2.07. The molecular weight excluding hydrogens is 256 g/mol. The number of rotatable bonds is 7. The van der Waals surface area contributed by atoms with Crippen molar-refractivity contribution in [3.8, 4) is 0 Å². The molecule has 0 aliphatic carbocycles. The second-order valence-corrected chi connectivity index (χ2v) is 16.5. The molecule has 0 heterocycles. The second-order valence-electron chi connectivity index (χ2n) is 6.56. The van der Waals surface area contributed by atoms with Crippen LogP contribution in [0, 0.1) is 0 Å². The van der Waals surface area contributed by atoms with Gasteiger partial charge in [-0.3, -0.25) is 0 Å². The molecule has 0 aromatic rings. The molecule has 6 heteroatoms. The Morgan fingerprint density at radius 3 is 1.22 bits per heavy atom. The van der Waals surface area contributed by atoms with Crippen molar-refractivity contribution in [1.82, 2.24) is 9.35 Å². The van der Waals surface area contributed by atoms with E-state index in [0.29, 0.717) is 0 Å². The van der Waals surface area contributed by atoms with Crippen LogP contribution in [0.1, 0.15) is 12.8 Å². The summed E-state index contributed by atoms with van der Waals surface area (Å²) in [5.74, 6) is 0. The number of hydrazone groups is 2. The second kappa shape index (κ2) is 7.08. The number of hydrogen-bond acceptors (Lipinski definition) is 4. The van der Waals surface area contributed by atoms with Crippen molar-refractivity contribution in [2.75, 3.05) is 14.1 Å². The molecule has 0 rings (SSSR count). The van der Waals surface area contributed by atoms with Gasteiger partial charge >= 0.3 is 0 Å². The van der Waals surface area contributed by atoms with Gasteiger partial charge in [-0.2, -0.15) is 10.2 Å². The minimum atomic E-state index is -1.27. The van der Waals surface area contributed by atoms with E-state index in [4.69, 9.17) is 0 Å². The Kier molecular flexibility index (Phi) is 6.84. The Labute approximate surface area is 115 Å². The Bertz CT molecular complexity index is 259. The van der Waals surface area contributed by atoms with Crippen LogP contribution >= 0.6 is 0 Å². The first-order valence-corrected chi connectivity index (χ1v) is 13.5. The monoisotopic (exact) mass is 286 g/mol. The average molecular weight is 287 g/mol. The average Bonchev–Trinajstić information content (AvgIpc) is 2.19. The quantitative estimate of drug-likeness (QED) is 0.311. The van der Waals surface area contributed by atoms with Gasteiger partial charge in [0, 0.05) is 26.5 Å². The third-order valence-electron chi connectivity index (χ3n) is 2.88. The molecule has 0 unspecified atom stereocenters. The van der Waals surface area contributed by atoms with E-state index >= 15 is 0 Å². The van der Waals surface area contributed by atoms with Crippen molar-refractivity contribution in [2.24, 2.45) is 10.2 Å². The molecule has 0 aromatic carbocycles. The van der Waals surface area contributed by atoms with Crippen LogP contribution in [-0.2, 0) is 0 Å². The van der Waals surface area contributed by atoms with Gasteiger partial charge in [0.25, 0.3) is 0 Å². The van der Waals surface area contributed by atoms with Gasteiger partial charge in [-0.1, -0.05) is 39.3 Å². The van der Waals surface area contributed by atoms with Crippen molar-refractivity contribution in [1.29, 1.82) is 0 Å². The van der Waals surface area contributed by atoms with Crippen molar-refractivity contribution in [3.05, 3.63) is 0 Å². The van der Waals surface area contributed by atoms with E-state index < -0.39 is 16.5 Å². The molecule has 0 saturated carbocycles. The molecule has 0 spiro atoms. The Balaban J connectivity index is 3.94. The fourth-order valence-electron chi connectivity index (χ4n) is 0.856. The summed E-state index contributed by atoms with van der Waals surface area (Å²) in [6.45, 7) is 13.7. The highest BCUT2D eigenvalue weighted by atomic mass is 28.3. The van der Waals surface area contributed by atoms with Crippen LogP contribution in [-0.4, -0.2) is 52.3 Å². The first kappa shape index (κ1) is 17.4. The molecule has 0 atom stereocenters. The van der Waals surface area contributed by atoms with Crippen LogP contribution in [0.25, 0.3) is 0 Å². The molecule has 18 heavy (non-hydrogen) atoms. The third kappa shape index (κ3) is 7.65. The summed E-state index contributed by atoms with van der Waals surface area (Å²) in [5.41, 5.74) is 0. The van der Waals surface area contributed by atoms with Crippen LogP contribution in [0.3, 0.4) is 0 Å². The van der Waals surface area contributed by atoms with Crippen LogP contribution < -0.4 is 0 Å². The molecule has 106 valence electrons. The lowest BCUT2D eigenvalue weighted by molar-refractivity contribution is 0.548. The van der Waals surface area contributed by atoms with Gasteiger partial charge in [0.2, 0.25) is 0 Å². The number of unbranched alkanes of at least 4 members (excludes halogenated alkanes) is 1. The smallest absolute Gasteiger partial charge is 0.168 e. The summed E-state index contributed by atoms with van der Waals surface area (Å²) < 4.78 is 4.25. The van der Waals surface area contributed by atoms with Gasteiger partial charge in [-0.05, 0) is 12.8 Å². The zero-order valence-corrected chi connectivity index (χ0v) is 15.4. The maximum Gasteiger partial charge on any atom is 0.168 e. The molecule has 4 nitrogen and oxygen atoms in total. The minimum Gasteiger partial charge on any atom is -0.328 e. The summed E-state index contributed by atoms with van der Waals surface area (Å²) in [4.78, 5) is 0.